The number of carbonyl (C=O) groups excluding carboxylic acids is 3. The van der Waals surface area contributed by atoms with Crippen molar-refractivity contribution >= 4 is 23.4 Å². The molecule has 1 amide bonds. The lowest BCUT2D eigenvalue weighted by atomic mass is 9.35. The van der Waals surface area contributed by atoms with E-state index in [4.69, 9.17) is 0 Å². The topological polar surface area (TPSA) is 113 Å². The number of carboxylic acid groups (broad SMARTS) is 1. The van der Waals surface area contributed by atoms with Crippen LogP contribution >= 0.6 is 0 Å². The summed E-state index contributed by atoms with van der Waals surface area (Å²) in [6, 6.07) is 0.203. The molecule has 0 aromatic heterocycles. The van der Waals surface area contributed by atoms with Gasteiger partial charge in [0, 0.05) is 43.2 Å². The van der Waals surface area contributed by atoms with E-state index in [0.29, 0.717) is 67.6 Å². The van der Waals surface area contributed by atoms with Crippen molar-refractivity contribution in [1.82, 2.24) is 10.6 Å². The predicted molar refractivity (Wildman–Crippen MR) is 192 cm³/mol. The fourth-order valence-corrected chi connectivity index (χ4v) is 13.8. The monoisotopic (exact) mass is 678 g/mol. The lowest BCUT2D eigenvalue weighted by Crippen LogP contribution is -2.62. The van der Waals surface area contributed by atoms with Gasteiger partial charge in [-0.2, -0.15) is 0 Å². The number of rotatable bonds is 10. The lowest BCUT2D eigenvalue weighted by molar-refractivity contribution is -0.193. The second kappa shape index (κ2) is 12.9. The van der Waals surface area contributed by atoms with Crippen LogP contribution in [0.3, 0.4) is 0 Å². The van der Waals surface area contributed by atoms with Crippen LogP contribution in [-0.4, -0.2) is 48.2 Å². The summed E-state index contributed by atoms with van der Waals surface area (Å²) >= 11 is 0. The minimum atomic E-state index is -0.759. The first-order valence-corrected chi connectivity index (χ1v) is 19.9. The molecule has 0 spiro atoms. The average Bonchev–Trinajstić information content (AvgIpc) is 3.31. The van der Waals surface area contributed by atoms with Crippen molar-refractivity contribution in [2.45, 2.75) is 138 Å². The van der Waals surface area contributed by atoms with E-state index in [2.05, 4.69) is 59.1 Å². The standard InChI is InChI=1S/C42H66N2O5/c1-23(2)36-32(46)20-42(21-35(47)44-22-24(3)43-9)17-13-30-27(37(36)42)10-11-34-40(30,7)16-14-33-39(5,6)26(12-15-41(33,34)8)18-31(45)28-19-29(25(28)4)38(48)49/h23-30,33-34,43H,10-22H2,1-9H3,(H,44,47)(H,48,49). The molecular formula is C42H66N2O5. The summed E-state index contributed by atoms with van der Waals surface area (Å²) in [4.78, 5) is 52.4. The summed E-state index contributed by atoms with van der Waals surface area (Å²) in [5.41, 5.74) is 2.55. The molecule has 6 rings (SSSR count). The molecule has 5 fully saturated rings. The van der Waals surface area contributed by atoms with E-state index < -0.39 is 5.97 Å². The molecule has 7 nitrogen and oxygen atoms in total. The summed E-state index contributed by atoms with van der Waals surface area (Å²) in [6.07, 6.45) is 10.9. The van der Waals surface area contributed by atoms with E-state index in [1.807, 2.05) is 14.0 Å². The number of fused-ring (bicyclic) bond motifs is 7. The molecule has 49 heavy (non-hydrogen) atoms. The highest BCUT2D eigenvalue weighted by atomic mass is 16.4. The van der Waals surface area contributed by atoms with Gasteiger partial charge >= 0.3 is 5.97 Å². The zero-order valence-corrected chi connectivity index (χ0v) is 32.0. The van der Waals surface area contributed by atoms with Crippen LogP contribution < -0.4 is 10.6 Å². The molecule has 0 bridgehead atoms. The number of ketones is 2. The van der Waals surface area contributed by atoms with Crippen LogP contribution in [0.4, 0.5) is 0 Å². The van der Waals surface area contributed by atoms with Crippen molar-refractivity contribution in [2.24, 2.45) is 74.9 Å². The number of nitrogens with one attached hydrogen (secondary N) is 2. The largest absolute Gasteiger partial charge is 0.481 e. The van der Waals surface area contributed by atoms with Crippen molar-refractivity contribution in [3.63, 3.8) is 0 Å². The molecular weight excluding hydrogens is 612 g/mol. The molecule has 6 aliphatic rings. The molecule has 12 unspecified atom stereocenters. The fourth-order valence-electron chi connectivity index (χ4n) is 13.8. The maximum absolute atomic E-state index is 13.8. The first-order valence-electron chi connectivity index (χ1n) is 19.9. The third-order valence-corrected chi connectivity index (χ3v) is 16.5. The second-order valence-corrected chi connectivity index (χ2v) is 19.4. The van der Waals surface area contributed by atoms with Gasteiger partial charge in [0.2, 0.25) is 5.91 Å². The van der Waals surface area contributed by atoms with Gasteiger partial charge in [0.05, 0.1) is 5.92 Å². The van der Waals surface area contributed by atoms with E-state index >= 15 is 0 Å². The van der Waals surface area contributed by atoms with E-state index in [9.17, 15) is 24.3 Å². The maximum Gasteiger partial charge on any atom is 0.306 e. The Morgan fingerprint density at radius 1 is 0.898 bits per heavy atom. The van der Waals surface area contributed by atoms with Crippen LogP contribution in [0.5, 0.6) is 0 Å². The Kier molecular flexibility index (Phi) is 9.66. The Bertz CT molecular complexity index is 1400. The van der Waals surface area contributed by atoms with Crippen LogP contribution in [0, 0.1) is 74.9 Å². The number of carboxylic acids is 1. The molecule has 0 heterocycles. The Labute approximate surface area is 296 Å². The molecule has 12 atom stereocenters. The number of hydrogen-bond donors (Lipinski definition) is 3. The van der Waals surface area contributed by atoms with Gasteiger partial charge in [-0.15, -0.1) is 0 Å². The molecule has 0 aromatic carbocycles. The Morgan fingerprint density at radius 3 is 2.22 bits per heavy atom. The molecule has 6 aliphatic carbocycles. The predicted octanol–water partition coefficient (Wildman–Crippen LogP) is 7.62. The fraction of sp³-hybridized carbons (Fsp3) is 0.857. The van der Waals surface area contributed by atoms with Gasteiger partial charge in [-0.05, 0) is 135 Å². The van der Waals surface area contributed by atoms with Gasteiger partial charge in [-0.1, -0.05) is 54.0 Å². The number of hydrogen-bond acceptors (Lipinski definition) is 5. The van der Waals surface area contributed by atoms with Crippen LogP contribution in [0.2, 0.25) is 0 Å². The minimum Gasteiger partial charge on any atom is -0.481 e. The first-order chi connectivity index (χ1) is 22.9. The van der Waals surface area contributed by atoms with Gasteiger partial charge in [0.1, 0.15) is 5.78 Å². The van der Waals surface area contributed by atoms with Gasteiger partial charge in [0.25, 0.3) is 0 Å². The van der Waals surface area contributed by atoms with Crippen molar-refractivity contribution in [1.29, 1.82) is 0 Å². The summed E-state index contributed by atoms with van der Waals surface area (Å²) in [5, 5.41) is 15.9. The first kappa shape index (κ1) is 36.8. The van der Waals surface area contributed by atoms with E-state index in [-0.39, 0.29) is 63.1 Å². The quantitative estimate of drug-likeness (QED) is 0.219. The molecule has 3 N–H and O–H groups in total. The zero-order valence-electron chi connectivity index (χ0n) is 32.0. The van der Waals surface area contributed by atoms with Crippen molar-refractivity contribution in [3.05, 3.63) is 11.1 Å². The summed E-state index contributed by atoms with van der Waals surface area (Å²) in [7, 11) is 1.91. The maximum atomic E-state index is 13.8. The number of aliphatic carboxylic acids is 1. The van der Waals surface area contributed by atoms with E-state index in [1.54, 1.807) is 0 Å². The number of Topliss-reactive ketones (excluding diaryl/α,β-unsaturated/α-hetero) is 2. The highest BCUT2D eigenvalue weighted by molar-refractivity contribution is 6.01. The highest BCUT2D eigenvalue weighted by Crippen LogP contribution is 2.74. The Morgan fingerprint density at radius 2 is 1.59 bits per heavy atom. The van der Waals surface area contributed by atoms with E-state index in [0.717, 1.165) is 37.7 Å². The van der Waals surface area contributed by atoms with Crippen molar-refractivity contribution < 1.29 is 24.3 Å². The highest BCUT2D eigenvalue weighted by Gasteiger charge is 2.66. The van der Waals surface area contributed by atoms with Gasteiger partial charge in [0.15, 0.2) is 5.78 Å². The molecule has 274 valence electrons. The third kappa shape index (κ3) is 5.79. The molecule has 0 aromatic rings. The average molecular weight is 679 g/mol. The van der Waals surface area contributed by atoms with E-state index in [1.165, 1.54) is 24.8 Å². The summed E-state index contributed by atoms with van der Waals surface area (Å²) in [6.45, 7) is 19.0. The lowest BCUT2D eigenvalue weighted by Gasteiger charge is -2.69. The van der Waals surface area contributed by atoms with Crippen molar-refractivity contribution in [3.8, 4) is 0 Å². The minimum absolute atomic E-state index is 0.0467. The number of amides is 1. The molecule has 7 heteroatoms. The van der Waals surface area contributed by atoms with Gasteiger partial charge in [-0.25, -0.2) is 0 Å². The zero-order chi connectivity index (χ0) is 35.8. The van der Waals surface area contributed by atoms with Crippen LogP contribution in [0.25, 0.3) is 0 Å². The summed E-state index contributed by atoms with van der Waals surface area (Å²) < 4.78 is 0. The Balaban J connectivity index is 1.22. The number of likely N-dealkylation sites (N-methyl/N-ethyl adjacent to an activating group) is 1. The number of carbonyl (C=O) groups is 4. The molecule has 0 aliphatic heterocycles. The SMILES string of the molecule is CNC(C)CNC(=O)CC12CCC3C(CCC4C3(C)CCC3C(C)(C)C(CC(=O)C5CC(C(=O)O)C5C)CCC34C)C1=C(C(C)C)C(=O)C2. The molecule has 0 radical (unpaired) electrons. The summed E-state index contributed by atoms with van der Waals surface area (Å²) in [5.74, 6) is 1.97. The normalized spacial score (nSPS) is 43.1. The van der Waals surface area contributed by atoms with Crippen LogP contribution in [-0.2, 0) is 19.2 Å². The smallest absolute Gasteiger partial charge is 0.306 e. The second-order valence-electron chi connectivity index (χ2n) is 19.4. The molecule has 5 saturated carbocycles. The Hall–Kier alpha value is -2.02. The van der Waals surface area contributed by atoms with Crippen molar-refractivity contribution in [2.75, 3.05) is 13.6 Å². The van der Waals surface area contributed by atoms with Gasteiger partial charge < -0.3 is 15.7 Å². The van der Waals surface area contributed by atoms with Gasteiger partial charge in [-0.3, -0.25) is 19.2 Å². The number of allylic oxidation sites excluding steroid dienone is 2. The van der Waals surface area contributed by atoms with Crippen LogP contribution in [0.1, 0.15) is 132 Å². The third-order valence-electron chi connectivity index (χ3n) is 16.5. The van der Waals surface area contributed by atoms with Crippen LogP contribution in [0.15, 0.2) is 11.1 Å². The molecule has 0 saturated heterocycles.